The van der Waals surface area contributed by atoms with Gasteiger partial charge in [0.1, 0.15) is 5.82 Å². The maximum Gasteiger partial charge on any atom is 0.318 e. The molecular weight excluding hydrogens is 262 g/mol. The minimum atomic E-state index is 0.429. The fourth-order valence-electron chi connectivity index (χ4n) is 3.13. The molecule has 1 N–H and O–H groups in total. The number of anilines is 1. The van der Waals surface area contributed by atoms with E-state index in [4.69, 9.17) is 4.74 Å². The van der Waals surface area contributed by atoms with E-state index in [-0.39, 0.29) is 0 Å². The van der Waals surface area contributed by atoms with Crippen LogP contribution in [0, 0.1) is 11.3 Å². The zero-order valence-corrected chi connectivity index (χ0v) is 14.1. The molecular formula is C17H29N3O. The van der Waals surface area contributed by atoms with Crippen LogP contribution in [0.3, 0.4) is 0 Å². The molecule has 1 aliphatic rings. The number of nitrogens with one attached hydrogen (secondary N) is 1. The van der Waals surface area contributed by atoms with Gasteiger partial charge in [-0.1, -0.05) is 27.7 Å². The van der Waals surface area contributed by atoms with E-state index in [1.807, 2.05) is 6.07 Å². The van der Waals surface area contributed by atoms with E-state index < -0.39 is 0 Å². The summed E-state index contributed by atoms with van der Waals surface area (Å²) in [6, 6.07) is 3.02. The molecule has 1 fully saturated rings. The molecule has 0 unspecified atom stereocenters. The molecule has 4 nitrogen and oxygen atoms in total. The third kappa shape index (κ3) is 4.32. The lowest BCUT2D eigenvalue weighted by molar-refractivity contribution is 0.173. The molecule has 1 saturated carbocycles. The van der Waals surface area contributed by atoms with Crippen molar-refractivity contribution in [3.8, 4) is 6.01 Å². The lowest BCUT2D eigenvalue weighted by Gasteiger charge is -2.37. The smallest absolute Gasteiger partial charge is 0.318 e. The monoisotopic (exact) mass is 291 g/mol. The summed E-state index contributed by atoms with van der Waals surface area (Å²) in [4.78, 5) is 8.75. The molecule has 0 atom stereocenters. The summed E-state index contributed by atoms with van der Waals surface area (Å²) in [6.45, 7) is 9.16. The summed E-state index contributed by atoms with van der Waals surface area (Å²) < 4.78 is 5.19. The third-order valence-electron chi connectivity index (χ3n) is 4.61. The molecule has 1 aliphatic carbocycles. The fraction of sp³-hybridized carbons (Fsp3) is 0.765. The van der Waals surface area contributed by atoms with Gasteiger partial charge in [0.2, 0.25) is 0 Å². The quantitative estimate of drug-likeness (QED) is 0.908. The standard InChI is InChI=1S/C17H29N3O/c1-6-13-11-15(20-16(19-13)21-5)18-14-9-7-12(8-10-14)17(2,3)4/h11-12,14H,6-10H2,1-5H3,(H,18,19,20). The second-order valence-corrected chi connectivity index (χ2v) is 7.14. The normalized spacial score (nSPS) is 22.9. The second kappa shape index (κ2) is 6.63. The van der Waals surface area contributed by atoms with Gasteiger partial charge in [-0.05, 0) is 43.4 Å². The van der Waals surface area contributed by atoms with E-state index in [0.717, 1.165) is 23.9 Å². The van der Waals surface area contributed by atoms with E-state index in [2.05, 4.69) is 43.0 Å². The van der Waals surface area contributed by atoms with Gasteiger partial charge >= 0.3 is 6.01 Å². The highest BCUT2D eigenvalue weighted by atomic mass is 16.5. The van der Waals surface area contributed by atoms with Gasteiger partial charge in [-0.25, -0.2) is 4.98 Å². The zero-order chi connectivity index (χ0) is 15.5. The lowest BCUT2D eigenvalue weighted by Crippen LogP contribution is -2.31. The Morgan fingerprint density at radius 3 is 2.38 bits per heavy atom. The van der Waals surface area contributed by atoms with Crippen molar-refractivity contribution >= 4 is 5.82 Å². The van der Waals surface area contributed by atoms with Crippen LogP contribution in [-0.4, -0.2) is 23.1 Å². The minimum absolute atomic E-state index is 0.429. The Bertz CT molecular complexity index is 437. The van der Waals surface area contributed by atoms with Gasteiger partial charge in [-0.2, -0.15) is 4.98 Å². The Morgan fingerprint density at radius 1 is 1.19 bits per heavy atom. The molecule has 118 valence electrons. The summed E-state index contributed by atoms with van der Waals surface area (Å²) in [6.07, 6.45) is 5.92. The average molecular weight is 291 g/mol. The molecule has 0 aromatic carbocycles. The van der Waals surface area contributed by atoms with Crippen LogP contribution < -0.4 is 10.1 Å². The van der Waals surface area contributed by atoms with Gasteiger partial charge in [-0.15, -0.1) is 0 Å². The molecule has 0 radical (unpaired) electrons. The highest BCUT2D eigenvalue weighted by molar-refractivity contribution is 5.38. The molecule has 21 heavy (non-hydrogen) atoms. The maximum absolute atomic E-state index is 5.19. The SMILES string of the molecule is CCc1cc(NC2CCC(C(C)(C)C)CC2)nc(OC)n1. The lowest BCUT2D eigenvalue weighted by atomic mass is 9.71. The number of ether oxygens (including phenoxy) is 1. The van der Waals surface area contributed by atoms with E-state index in [9.17, 15) is 0 Å². The van der Waals surface area contributed by atoms with Gasteiger partial charge in [0.15, 0.2) is 0 Å². The molecule has 0 spiro atoms. The highest BCUT2D eigenvalue weighted by Crippen LogP contribution is 2.38. The zero-order valence-electron chi connectivity index (χ0n) is 14.1. The van der Waals surface area contributed by atoms with E-state index in [1.54, 1.807) is 7.11 Å². The van der Waals surface area contributed by atoms with Crippen LogP contribution in [0.4, 0.5) is 5.82 Å². The number of hydrogen-bond acceptors (Lipinski definition) is 4. The number of nitrogens with zero attached hydrogens (tertiary/aromatic N) is 2. The van der Waals surface area contributed by atoms with Gasteiger partial charge < -0.3 is 10.1 Å². The topological polar surface area (TPSA) is 47.0 Å². The Hall–Kier alpha value is -1.32. The first kappa shape index (κ1) is 16.1. The van der Waals surface area contributed by atoms with Crippen LogP contribution in [0.2, 0.25) is 0 Å². The minimum Gasteiger partial charge on any atom is -0.467 e. The Labute approximate surface area is 128 Å². The van der Waals surface area contributed by atoms with Crippen LogP contribution >= 0.6 is 0 Å². The van der Waals surface area contributed by atoms with E-state index in [1.165, 1.54) is 25.7 Å². The van der Waals surface area contributed by atoms with Gasteiger partial charge in [0.05, 0.1) is 7.11 Å². The Kier molecular flexibility index (Phi) is 5.07. The Morgan fingerprint density at radius 2 is 1.86 bits per heavy atom. The van der Waals surface area contributed by atoms with Crippen molar-refractivity contribution in [2.45, 2.75) is 65.8 Å². The fourth-order valence-corrected chi connectivity index (χ4v) is 3.13. The largest absolute Gasteiger partial charge is 0.467 e. The van der Waals surface area contributed by atoms with Crippen molar-refractivity contribution in [1.82, 2.24) is 9.97 Å². The molecule has 0 saturated heterocycles. The summed E-state index contributed by atoms with van der Waals surface area (Å²) in [7, 11) is 1.62. The summed E-state index contributed by atoms with van der Waals surface area (Å²) in [5.74, 6) is 1.74. The third-order valence-corrected chi connectivity index (χ3v) is 4.61. The highest BCUT2D eigenvalue weighted by Gasteiger charge is 2.29. The van der Waals surface area contributed by atoms with Crippen molar-refractivity contribution in [3.05, 3.63) is 11.8 Å². The number of aryl methyl sites for hydroxylation is 1. The van der Waals surface area contributed by atoms with E-state index in [0.29, 0.717) is 17.5 Å². The van der Waals surface area contributed by atoms with Crippen LogP contribution in [-0.2, 0) is 6.42 Å². The van der Waals surface area contributed by atoms with Crippen LogP contribution in [0.25, 0.3) is 0 Å². The number of rotatable bonds is 4. The van der Waals surface area contributed by atoms with E-state index >= 15 is 0 Å². The predicted octanol–water partition coefficient (Wildman–Crippen LogP) is 4.06. The van der Waals surface area contributed by atoms with Crippen LogP contribution in [0.1, 0.15) is 59.1 Å². The van der Waals surface area contributed by atoms with Gasteiger partial charge in [0.25, 0.3) is 0 Å². The first-order chi connectivity index (χ1) is 9.92. The predicted molar refractivity (Wildman–Crippen MR) is 86.8 cm³/mol. The van der Waals surface area contributed by atoms with Crippen molar-refractivity contribution < 1.29 is 4.74 Å². The van der Waals surface area contributed by atoms with Crippen molar-refractivity contribution in [2.24, 2.45) is 11.3 Å². The molecule has 1 aromatic heterocycles. The van der Waals surface area contributed by atoms with Crippen molar-refractivity contribution in [3.63, 3.8) is 0 Å². The summed E-state index contributed by atoms with van der Waals surface area (Å²) in [5.41, 5.74) is 1.45. The van der Waals surface area contributed by atoms with Crippen LogP contribution in [0.5, 0.6) is 6.01 Å². The molecule has 0 amide bonds. The van der Waals surface area contributed by atoms with Gasteiger partial charge in [0, 0.05) is 17.8 Å². The maximum atomic E-state index is 5.19. The van der Waals surface area contributed by atoms with Gasteiger partial charge in [-0.3, -0.25) is 0 Å². The first-order valence-electron chi connectivity index (χ1n) is 8.11. The number of methoxy groups -OCH3 is 1. The molecule has 2 rings (SSSR count). The summed E-state index contributed by atoms with van der Waals surface area (Å²) in [5, 5.41) is 3.57. The van der Waals surface area contributed by atoms with Crippen LogP contribution in [0.15, 0.2) is 6.07 Å². The molecule has 1 heterocycles. The van der Waals surface area contributed by atoms with Crippen molar-refractivity contribution in [1.29, 1.82) is 0 Å². The molecule has 0 bridgehead atoms. The van der Waals surface area contributed by atoms with Crippen molar-refractivity contribution in [2.75, 3.05) is 12.4 Å². The number of hydrogen-bond donors (Lipinski definition) is 1. The second-order valence-electron chi connectivity index (χ2n) is 7.14. The first-order valence-corrected chi connectivity index (χ1v) is 8.11. The average Bonchev–Trinajstić information content (AvgIpc) is 2.46. The molecule has 0 aliphatic heterocycles. The number of aromatic nitrogens is 2. The molecule has 4 heteroatoms. The molecule has 1 aromatic rings. The summed E-state index contributed by atoms with van der Waals surface area (Å²) >= 11 is 0. The Balaban J connectivity index is 1.97.